The van der Waals surface area contributed by atoms with Crippen LogP contribution in [0.25, 0.3) is 0 Å². The summed E-state index contributed by atoms with van der Waals surface area (Å²) in [5.41, 5.74) is 4.54. The van der Waals surface area contributed by atoms with E-state index >= 15 is 0 Å². The van der Waals surface area contributed by atoms with Gasteiger partial charge in [0.1, 0.15) is 0 Å². The van der Waals surface area contributed by atoms with Gasteiger partial charge in [-0.2, -0.15) is 0 Å². The summed E-state index contributed by atoms with van der Waals surface area (Å²) in [5, 5.41) is 10.0. The molecule has 102 valence electrons. The van der Waals surface area contributed by atoms with Crippen LogP contribution in [-0.4, -0.2) is 39.6 Å². The van der Waals surface area contributed by atoms with Crippen molar-refractivity contribution < 1.29 is 9.90 Å². The largest absolute Gasteiger partial charge is 0.392 e. The molecule has 1 aliphatic carbocycles. The van der Waals surface area contributed by atoms with Crippen LogP contribution in [0.2, 0.25) is 0 Å². The number of carbonyl (C=O) groups excluding carboxylic acids is 1. The first kappa shape index (κ1) is 13.7. The lowest BCUT2D eigenvalue weighted by atomic mass is 9.67. The van der Waals surface area contributed by atoms with Gasteiger partial charge in [0.15, 0.2) is 0 Å². The van der Waals surface area contributed by atoms with Crippen LogP contribution in [0.4, 0.5) is 0 Å². The molecule has 1 aliphatic heterocycles. The molecule has 4 nitrogen and oxygen atoms in total. The van der Waals surface area contributed by atoms with Gasteiger partial charge in [-0.15, -0.1) is 0 Å². The van der Waals surface area contributed by atoms with E-state index < -0.39 is 11.0 Å². The number of hydrogen-bond acceptors (Lipinski definition) is 3. The van der Waals surface area contributed by atoms with Crippen LogP contribution in [0.5, 0.6) is 0 Å². The Morgan fingerprint density at radius 1 is 1.22 bits per heavy atom. The fraction of sp³-hybridized carbons (Fsp3) is 0.846. The zero-order valence-electron chi connectivity index (χ0n) is 10.9. The summed E-state index contributed by atoms with van der Waals surface area (Å²) in [7, 11) is 0. The monoisotopic (exact) mass is 270 g/mol. The average molecular weight is 270 g/mol. The fourth-order valence-corrected chi connectivity index (χ4v) is 3.16. The molecule has 0 aromatic rings. The van der Waals surface area contributed by atoms with Crippen LogP contribution in [0.15, 0.2) is 0 Å². The van der Waals surface area contributed by atoms with Gasteiger partial charge in [-0.25, -0.2) is 0 Å². The molecule has 0 radical (unpaired) electrons. The lowest BCUT2D eigenvalue weighted by Gasteiger charge is -2.42. The summed E-state index contributed by atoms with van der Waals surface area (Å²) < 4.78 is 0. The highest BCUT2D eigenvalue weighted by atomic mass is 32.1. The van der Waals surface area contributed by atoms with Gasteiger partial charge in [-0.1, -0.05) is 18.6 Å². The number of nitrogens with two attached hydrogens (primary N) is 1. The molecule has 0 bridgehead atoms. The lowest BCUT2D eigenvalue weighted by molar-refractivity contribution is -0.142. The molecule has 18 heavy (non-hydrogen) atoms. The zero-order valence-corrected chi connectivity index (χ0v) is 11.8. The molecule has 5 heteroatoms. The van der Waals surface area contributed by atoms with Gasteiger partial charge < -0.3 is 15.7 Å². The predicted molar refractivity (Wildman–Crippen MR) is 74.1 cm³/mol. The molecule has 1 heterocycles. The van der Waals surface area contributed by atoms with E-state index in [2.05, 4.69) is 0 Å². The van der Waals surface area contributed by atoms with Gasteiger partial charge in [0.25, 0.3) is 0 Å². The Morgan fingerprint density at radius 3 is 2.39 bits per heavy atom. The molecule has 2 aliphatic rings. The third-order valence-corrected chi connectivity index (χ3v) is 4.83. The second-order valence-electron chi connectivity index (χ2n) is 5.94. The maximum absolute atomic E-state index is 12.6. The number of carbonyl (C=O) groups is 1. The highest BCUT2D eigenvalue weighted by molar-refractivity contribution is 7.80. The van der Waals surface area contributed by atoms with Gasteiger partial charge in [0.05, 0.1) is 16.0 Å². The Labute approximate surface area is 114 Å². The van der Waals surface area contributed by atoms with Crippen molar-refractivity contribution >= 4 is 23.1 Å². The number of thiocarbonyl (C=S) groups is 1. The number of rotatable bonds is 2. The number of nitrogens with zero attached hydrogens (tertiary/aromatic N) is 1. The minimum Gasteiger partial charge on any atom is -0.392 e. The normalized spacial score (nSPS) is 31.3. The summed E-state index contributed by atoms with van der Waals surface area (Å²) in [5.74, 6) is 0.0824. The molecular formula is C13H22N2O2S. The van der Waals surface area contributed by atoms with E-state index in [1.54, 1.807) is 0 Å². The predicted octanol–water partition coefficient (Wildman–Crippen LogP) is 1.21. The van der Waals surface area contributed by atoms with E-state index in [1.165, 1.54) is 0 Å². The molecule has 1 unspecified atom stereocenters. The summed E-state index contributed by atoms with van der Waals surface area (Å²) >= 11 is 5.09. The Kier molecular flexibility index (Phi) is 3.65. The first-order valence-corrected chi connectivity index (χ1v) is 7.10. The Morgan fingerprint density at radius 2 is 1.89 bits per heavy atom. The van der Waals surface area contributed by atoms with Gasteiger partial charge in [-0.05, 0) is 39.0 Å². The lowest BCUT2D eigenvalue weighted by Crippen LogP contribution is -2.54. The second kappa shape index (κ2) is 4.78. The maximum Gasteiger partial charge on any atom is 0.235 e. The van der Waals surface area contributed by atoms with Crippen molar-refractivity contribution in [1.82, 2.24) is 4.90 Å². The molecule has 0 aromatic carbocycles. The minimum absolute atomic E-state index is 0.0824. The van der Waals surface area contributed by atoms with E-state index in [1.807, 2.05) is 11.8 Å². The zero-order chi connectivity index (χ0) is 13.4. The standard InChI is InChI=1S/C13H22N2O2S/c1-12(17)4-3-8-15(9-7-12)11(16)13(10(14)18)5-2-6-13/h17H,2-9H2,1H3,(H2,14,18). The van der Waals surface area contributed by atoms with E-state index in [4.69, 9.17) is 18.0 Å². The third kappa shape index (κ3) is 2.38. The van der Waals surface area contributed by atoms with Crippen LogP contribution in [-0.2, 0) is 4.79 Å². The van der Waals surface area contributed by atoms with Crippen molar-refractivity contribution in [3.63, 3.8) is 0 Å². The number of amides is 1. The third-order valence-electron chi connectivity index (χ3n) is 4.44. The smallest absolute Gasteiger partial charge is 0.235 e. The summed E-state index contributed by atoms with van der Waals surface area (Å²) in [6, 6.07) is 0. The van der Waals surface area contributed by atoms with E-state index in [9.17, 15) is 9.90 Å². The number of likely N-dealkylation sites (tertiary alicyclic amines) is 1. The molecule has 2 rings (SSSR count). The van der Waals surface area contributed by atoms with Crippen LogP contribution >= 0.6 is 12.2 Å². The molecular weight excluding hydrogens is 248 g/mol. The van der Waals surface area contributed by atoms with Gasteiger partial charge in [-0.3, -0.25) is 4.79 Å². The van der Waals surface area contributed by atoms with Gasteiger partial charge in [0, 0.05) is 13.1 Å². The summed E-state index contributed by atoms with van der Waals surface area (Å²) in [6.45, 7) is 3.16. The molecule has 1 saturated heterocycles. The van der Waals surface area contributed by atoms with Crippen LogP contribution in [0.3, 0.4) is 0 Å². The molecule has 1 amide bonds. The van der Waals surface area contributed by atoms with Gasteiger partial charge >= 0.3 is 0 Å². The molecule has 1 saturated carbocycles. The van der Waals surface area contributed by atoms with Gasteiger partial charge in [0.2, 0.25) is 5.91 Å². The highest BCUT2D eigenvalue weighted by Crippen LogP contribution is 2.43. The second-order valence-corrected chi connectivity index (χ2v) is 6.38. The van der Waals surface area contributed by atoms with E-state index in [0.717, 1.165) is 32.1 Å². The fourth-order valence-electron chi connectivity index (χ4n) is 2.87. The summed E-state index contributed by atoms with van der Waals surface area (Å²) in [4.78, 5) is 14.8. The van der Waals surface area contributed by atoms with Crippen molar-refractivity contribution in [3.05, 3.63) is 0 Å². The van der Waals surface area contributed by atoms with Crippen molar-refractivity contribution in [2.24, 2.45) is 11.1 Å². The van der Waals surface area contributed by atoms with Crippen molar-refractivity contribution in [1.29, 1.82) is 0 Å². The number of hydrogen-bond donors (Lipinski definition) is 2. The van der Waals surface area contributed by atoms with Crippen molar-refractivity contribution in [3.8, 4) is 0 Å². The highest BCUT2D eigenvalue weighted by Gasteiger charge is 2.49. The van der Waals surface area contributed by atoms with E-state index in [0.29, 0.717) is 24.5 Å². The van der Waals surface area contributed by atoms with Crippen molar-refractivity contribution in [2.45, 2.75) is 51.0 Å². The minimum atomic E-state index is -0.648. The molecule has 1 atom stereocenters. The molecule has 0 spiro atoms. The molecule has 3 N–H and O–H groups in total. The Bertz CT molecular complexity index is 364. The quantitative estimate of drug-likeness (QED) is 0.740. The van der Waals surface area contributed by atoms with Crippen LogP contribution in [0.1, 0.15) is 45.4 Å². The first-order valence-electron chi connectivity index (χ1n) is 6.69. The molecule has 2 fully saturated rings. The van der Waals surface area contributed by atoms with Crippen LogP contribution in [0, 0.1) is 5.41 Å². The SMILES string of the molecule is CC1(O)CCCN(C(=O)C2(C(N)=S)CCC2)CC1. The van der Waals surface area contributed by atoms with Crippen LogP contribution < -0.4 is 5.73 Å². The topological polar surface area (TPSA) is 66.6 Å². The summed E-state index contributed by atoms with van der Waals surface area (Å²) in [6.07, 6.45) is 4.81. The first-order chi connectivity index (χ1) is 8.37. The van der Waals surface area contributed by atoms with E-state index in [-0.39, 0.29) is 5.91 Å². The maximum atomic E-state index is 12.6. The average Bonchev–Trinajstić information content (AvgIpc) is 2.36. The Balaban J connectivity index is 2.07. The Hall–Kier alpha value is -0.680. The number of aliphatic hydroxyl groups is 1. The van der Waals surface area contributed by atoms with Crippen molar-refractivity contribution in [2.75, 3.05) is 13.1 Å². The molecule has 0 aromatic heterocycles.